The Morgan fingerprint density at radius 2 is 1.40 bits per heavy atom. The summed E-state index contributed by atoms with van der Waals surface area (Å²) in [5.74, 6) is 0. The van der Waals surface area contributed by atoms with Gasteiger partial charge in [0.2, 0.25) is 0 Å². The molecule has 0 aromatic carbocycles. The molecule has 0 bridgehead atoms. The van der Waals surface area contributed by atoms with E-state index in [9.17, 15) is 0 Å². The minimum atomic E-state index is -3.70. The van der Waals surface area contributed by atoms with Crippen LogP contribution in [0.1, 0.15) is 0 Å². The second-order valence-electron chi connectivity index (χ2n) is 0.253. The molecule has 33 valence electrons. The Morgan fingerprint density at radius 3 is 1.40 bits per heavy atom. The van der Waals surface area contributed by atoms with Crippen molar-refractivity contribution >= 4 is 45.0 Å². The second-order valence-corrected chi connectivity index (χ2v) is 1.70. The average molecular weight is 300 g/mol. The first-order valence-corrected chi connectivity index (χ1v) is 3.91. The fourth-order valence-electron chi connectivity index (χ4n) is 0. The summed E-state index contributed by atoms with van der Waals surface area (Å²) in [5, 5.41) is 0. The zero-order valence-electron chi connectivity index (χ0n) is 2.16. The van der Waals surface area contributed by atoms with E-state index in [4.69, 9.17) is 9.79 Å². The van der Waals surface area contributed by atoms with E-state index in [0.717, 1.165) is 0 Å². The van der Waals surface area contributed by atoms with Gasteiger partial charge in [-0.05, 0) is 0 Å². The van der Waals surface area contributed by atoms with E-state index in [0.29, 0.717) is 0 Å². The Balaban J connectivity index is 0. The monoisotopic (exact) mass is 299 g/mol. The van der Waals surface area contributed by atoms with Gasteiger partial charge in [0.25, 0.3) is 0 Å². The molecular weight excluding hydrogens is 297 g/mol. The molecule has 0 amide bonds. The van der Waals surface area contributed by atoms with Gasteiger partial charge in [-0.25, -0.2) is 0 Å². The maximum atomic E-state index is 8.82. The summed E-state index contributed by atoms with van der Waals surface area (Å²) < 4.78 is 23.3. The van der Waals surface area contributed by atoms with Crippen molar-refractivity contribution in [3.63, 3.8) is 0 Å². The molecule has 0 saturated carbocycles. The third-order valence-electron chi connectivity index (χ3n) is 0. The Labute approximate surface area is 54.5 Å². The number of rotatable bonds is 0. The van der Waals surface area contributed by atoms with Crippen LogP contribution in [0.2, 0.25) is 0 Å². The van der Waals surface area contributed by atoms with E-state index in [-0.39, 0.29) is 24.0 Å². The van der Waals surface area contributed by atoms with Crippen LogP contribution in [0.15, 0.2) is 0 Å². The summed E-state index contributed by atoms with van der Waals surface area (Å²) in [4.78, 5) is 0. The van der Waals surface area contributed by atoms with Gasteiger partial charge in [0.15, 0.2) is 0 Å². The molecule has 0 spiro atoms. The van der Waals surface area contributed by atoms with Gasteiger partial charge in [-0.1, -0.05) is 0 Å². The van der Waals surface area contributed by atoms with Crippen molar-refractivity contribution in [2.75, 3.05) is 0 Å². The summed E-state index contributed by atoms with van der Waals surface area (Å²) in [7, 11) is 0. The molecule has 0 saturated heterocycles. The summed E-state index contributed by atoms with van der Waals surface area (Å²) in [6, 6.07) is 0. The molecule has 0 aliphatic heterocycles. The van der Waals surface area contributed by atoms with Crippen LogP contribution < -0.4 is 0 Å². The molecule has 5 heavy (non-hydrogen) atoms. The molecule has 0 aromatic heterocycles. The molecule has 5 heteroatoms. The molecule has 0 rings (SSSR count). The Morgan fingerprint density at radius 1 is 1.40 bits per heavy atom. The van der Waals surface area contributed by atoms with E-state index in [1.807, 2.05) is 0 Å². The Bertz CT molecular complexity index is 29.9. The first-order chi connectivity index (χ1) is 1.73. The van der Waals surface area contributed by atoms with E-state index >= 15 is 0 Å². The van der Waals surface area contributed by atoms with Crippen molar-refractivity contribution in [3.8, 4) is 0 Å². The maximum absolute atomic E-state index is 8.82. The second kappa shape index (κ2) is 5.27. The van der Waals surface area contributed by atoms with Gasteiger partial charge < -0.3 is 0 Å². The summed E-state index contributed by atoms with van der Waals surface area (Å²) in [6.45, 7) is 0. The van der Waals surface area contributed by atoms with Gasteiger partial charge in [0.05, 0.1) is 0 Å². The molecule has 3 nitrogen and oxygen atoms in total. The van der Waals surface area contributed by atoms with E-state index in [2.05, 4.69) is 0 Å². The van der Waals surface area contributed by atoms with Crippen molar-refractivity contribution in [2.24, 2.45) is 0 Å². The summed E-state index contributed by atoms with van der Waals surface area (Å²) >= 11 is -3.70. The third-order valence-corrected chi connectivity index (χ3v) is 0. The summed E-state index contributed by atoms with van der Waals surface area (Å²) in [6.07, 6.45) is 0. The zero-order valence-corrected chi connectivity index (χ0v) is 7.04. The molecule has 0 aliphatic rings. The number of halogens is 1. The van der Waals surface area contributed by atoms with Crippen LogP contribution in [0.25, 0.3) is 0 Å². The first-order valence-electron chi connectivity index (χ1n) is 0.583. The Kier molecular flexibility index (Phi) is 10.1. The van der Waals surface area contributed by atoms with Crippen molar-refractivity contribution < 1.29 is 9.79 Å². The van der Waals surface area contributed by atoms with Crippen molar-refractivity contribution in [1.82, 2.24) is 0 Å². The molecule has 1 radical (unpaired) electrons. The normalized spacial score (nSPS) is 5.20. The number of hydrogen-bond acceptors (Lipinski definition) is 1. The van der Waals surface area contributed by atoms with Gasteiger partial charge in [-0.15, -0.1) is 24.0 Å². The summed E-state index contributed by atoms with van der Waals surface area (Å²) in [5.41, 5.74) is 0. The SMILES string of the molecule is I.[O]=[Sb]([OH])[OH]. The first kappa shape index (κ1) is 9.55. The van der Waals surface area contributed by atoms with E-state index in [1.165, 1.54) is 0 Å². The minimum absolute atomic E-state index is 0. The fraction of sp³-hybridized carbons (Fsp3) is 0. The van der Waals surface area contributed by atoms with Crippen molar-refractivity contribution in [1.29, 1.82) is 0 Å². The molecular formula is H3IO3Sb. The van der Waals surface area contributed by atoms with Crippen LogP contribution >= 0.6 is 24.0 Å². The van der Waals surface area contributed by atoms with E-state index < -0.39 is 21.0 Å². The van der Waals surface area contributed by atoms with Gasteiger partial charge in [-0.3, -0.25) is 0 Å². The topological polar surface area (TPSA) is 57.5 Å². The standard InChI is InChI=1S/HI.2H2O.O.Sb/h1H;2*1H2;;/q;;;;+2/p-2. The predicted molar refractivity (Wildman–Crippen MR) is 26.3 cm³/mol. The van der Waals surface area contributed by atoms with Gasteiger partial charge in [0, 0.05) is 0 Å². The molecule has 0 heterocycles. The van der Waals surface area contributed by atoms with Gasteiger partial charge in [-0.2, -0.15) is 0 Å². The number of hydrogen-bond donors (Lipinski definition) is 2. The molecule has 0 unspecified atom stereocenters. The van der Waals surface area contributed by atoms with Gasteiger partial charge in [0.1, 0.15) is 0 Å². The Hall–Kier alpha value is 1.27. The van der Waals surface area contributed by atoms with Crippen molar-refractivity contribution in [2.45, 2.75) is 0 Å². The fourth-order valence-corrected chi connectivity index (χ4v) is 0. The molecule has 0 aliphatic carbocycles. The van der Waals surface area contributed by atoms with Crippen LogP contribution in [0, 0.1) is 0 Å². The quantitative estimate of drug-likeness (QED) is 0.446. The van der Waals surface area contributed by atoms with Gasteiger partial charge >= 0.3 is 30.8 Å². The zero-order chi connectivity index (χ0) is 3.58. The van der Waals surface area contributed by atoms with Crippen LogP contribution in [-0.4, -0.2) is 27.8 Å². The van der Waals surface area contributed by atoms with Crippen LogP contribution in [0.4, 0.5) is 0 Å². The van der Waals surface area contributed by atoms with Crippen molar-refractivity contribution in [3.05, 3.63) is 0 Å². The third kappa shape index (κ3) is 35.0. The molecule has 0 aromatic rings. The molecule has 0 fully saturated rings. The van der Waals surface area contributed by atoms with Crippen LogP contribution in [-0.2, 0) is 3.02 Å². The van der Waals surface area contributed by atoms with E-state index in [1.54, 1.807) is 0 Å². The molecule has 2 N–H and O–H groups in total. The average Bonchev–Trinajstić information content (AvgIpc) is 0.811. The predicted octanol–water partition coefficient (Wildman–Crippen LogP) is -0.996. The van der Waals surface area contributed by atoms with Crippen LogP contribution in [0.3, 0.4) is 0 Å². The van der Waals surface area contributed by atoms with Crippen LogP contribution in [0.5, 0.6) is 0 Å². The molecule has 0 atom stereocenters.